The Morgan fingerprint density at radius 1 is 1.27 bits per heavy atom. The van der Waals surface area contributed by atoms with E-state index in [1.54, 1.807) is 11.3 Å². The Labute approximate surface area is 105 Å². The predicted molar refractivity (Wildman–Crippen MR) is 72.3 cm³/mol. The largest absolute Gasteiger partial charge is 0.323 e. The SMILES string of the molecule is CCCC(CCC)C(N)c1ccc(Br)s1. The zero-order valence-electron chi connectivity index (χ0n) is 9.50. The van der Waals surface area contributed by atoms with Crippen LogP contribution in [-0.2, 0) is 0 Å². The lowest BCUT2D eigenvalue weighted by atomic mass is 9.90. The topological polar surface area (TPSA) is 26.0 Å². The zero-order valence-corrected chi connectivity index (χ0v) is 11.9. The Morgan fingerprint density at radius 3 is 2.27 bits per heavy atom. The van der Waals surface area contributed by atoms with Crippen molar-refractivity contribution >= 4 is 27.3 Å². The maximum absolute atomic E-state index is 6.31. The summed E-state index contributed by atoms with van der Waals surface area (Å²) in [6, 6.07) is 4.47. The van der Waals surface area contributed by atoms with Gasteiger partial charge in [-0.1, -0.05) is 26.7 Å². The van der Waals surface area contributed by atoms with Crippen LogP contribution < -0.4 is 5.73 Å². The van der Waals surface area contributed by atoms with E-state index in [9.17, 15) is 0 Å². The molecule has 0 spiro atoms. The molecule has 1 aromatic heterocycles. The van der Waals surface area contributed by atoms with Gasteiger partial charge in [-0.2, -0.15) is 0 Å². The molecule has 3 heteroatoms. The van der Waals surface area contributed by atoms with E-state index in [1.165, 1.54) is 34.3 Å². The normalized spacial score (nSPS) is 13.4. The summed E-state index contributed by atoms with van der Waals surface area (Å²) in [7, 11) is 0. The Kier molecular flexibility index (Phi) is 5.87. The molecule has 0 aliphatic heterocycles. The van der Waals surface area contributed by atoms with Gasteiger partial charge in [-0.3, -0.25) is 0 Å². The first kappa shape index (κ1) is 13.2. The van der Waals surface area contributed by atoms with Gasteiger partial charge in [0.15, 0.2) is 0 Å². The Bertz CT molecular complexity index is 279. The van der Waals surface area contributed by atoms with Crippen LogP contribution in [0, 0.1) is 5.92 Å². The lowest BCUT2D eigenvalue weighted by Gasteiger charge is -2.22. The molecule has 0 aliphatic carbocycles. The maximum Gasteiger partial charge on any atom is 0.0701 e. The average molecular weight is 290 g/mol. The van der Waals surface area contributed by atoms with Crippen molar-refractivity contribution in [2.24, 2.45) is 11.7 Å². The third-order valence-corrected chi connectivity index (χ3v) is 4.47. The molecule has 1 nitrogen and oxygen atoms in total. The Morgan fingerprint density at radius 2 is 1.87 bits per heavy atom. The van der Waals surface area contributed by atoms with Gasteiger partial charge < -0.3 is 5.73 Å². The van der Waals surface area contributed by atoms with E-state index in [1.807, 2.05) is 0 Å². The van der Waals surface area contributed by atoms with Gasteiger partial charge in [0.1, 0.15) is 0 Å². The fourth-order valence-electron chi connectivity index (χ4n) is 1.98. The van der Waals surface area contributed by atoms with Crippen molar-refractivity contribution in [2.45, 2.75) is 45.6 Å². The van der Waals surface area contributed by atoms with E-state index in [2.05, 4.69) is 41.9 Å². The summed E-state index contributed by atoms with van der Waals surface area (Å²) in [5.74, 6) is 0.644. The molecule has 0 amide bonds. The van der Waals surface area contributed by atoms with Crippen molar-refractivity contribution < 1.29 is 0 Å². The molecule has 0 bridgehead atoms. The third-order valence-electron chi connectivity index (χ3n) is 2.75. The molecule has 1 aromatic rings. The summed E-state index contributed by atoms with van der Waals surface area (Å²) in [6.07, 6.45) is 4.94. The van der Waals surface area contributed by atoms with Gasteiger partial charge in [0.25, 0.3) is 0 Å². The van der Waals surface area contributed by atoms with Crippen LogP contribution in [0.4, 0.5) is 0 Å². The quantitative estimate of drug-likeness (QED) is 0.805. The Balaban J connectivity index is 2.66. The lowest BCUT2D eigenvalue weighted by Crippen LogP contribution is -2.20. The van der Waals surface area contributed by atoms with Crippen LogP contribution in [0.5, 0.6) is 0 Å². The molecule has 1 heterocycles. The first-order valence-electron chi connectivity index (χ1n) is 5.69. The summed E-state index contributed by atoms with van der Waals surface area (Å²) in [5.41, 5.74) is 6.31. The minimum atomic E-state index is 0.223. The van der Waals surface area contributed by atoms with Crippen LogP contribution in [0.1, 0.15) is 50.4 Å². The van der Waals surface area contributed by atoms with Gasteiger partial charge in [0, 0.05) is 10.9 Å². The van der Waals surface area contributed by atoms with Gasteiger partial charge in [-0.05, 0) is 46.8 Å². The first-order valence-corrected chi connectivity index (χ1v) is 7.30. The Hall–Kier alpha value is 0.140. The highest BCUT2D eigenvalue weighted by molar-refractivity contribution is 9.11. The first-order chi connectivity index (χ1) is 7.19. The summed E-state index contributed by atoms with van der Waals surface area (Å²) >= 11 is 5.26. The van der Waals surface area contributed by atoms with E-state index in [-0.39, 0.29) is 6.04 Å². The molecule has 86 valence electrons. The highest BCUT2D eigenvalue weighted by Gasteiger charge is 2.19. The lowest BCUT2D eigenvalue weighted by molar-refractivity contribution is 0.372. The minimum absolute atomic E-state index is 0.223. The van der Waals surface area contributed by atoms with Crippen molar-refractivity contribution in [3.05, 3.63) is 20.8 Å². The molecular weight excluding hydrogens is 270 g/mol. The molecule has 0 saturated carbocycles. The van der Waals surface area contributed by atoms with E-state index >= 15 is 0 Å². The fraction of sp³-hybridized carbons (Fsp3) is 0.667. The molecule has 15 heavy (non-hydrogen) atoms. The monoisotopic (exact) mass is 289 g/mol. The van der Waals surface area contributed by atoms with Gasteiger partial charge in [-0.15, -0.1) is 11.3 Å². The van der Waals surface area contributed by atoms with Crippen molar-refractivity contribution in [2.75, 3.05) is 0 Å². The molecule has 0 aromatic carbocycles. The van der Waals surface area contributed by atoms with E-state index in [0.717, 1.165) is 0 Å². The highest BCUT2D eigenvalue weighted by atomic mass is 79.9. The van der Waals surface area contributed by atoms with Crippen LogP contribution in [0.3, 0.4) is 0 Å². The van der Waals surface area contributed by atoms with Gasteiger partial charge in [0.05, 0.1) is 3.79 Å². The van der Waals surface area contributed by atoms with Crippen LogP contribution in [0.15, 0.2) is 15.9 Å². The average Bonchev–Trinajstić information content (AvgIpc) is 2.63. The summed E-state index contributed by atoms with van der Waals surface area (Å²) in [4.78, 5) is 1.31. The van der Waals surface area contributed by atoms with Crippen LogP contribution >= 0.6 is 27.3 Å². The molecule has 0 radical (unpaired) electrons. The second kappa shape index (κ2) is 6.66. The smallest absolute Gasteiger partial charge is 0.0701 e. The molecule has 0 aliphatic rings. The molecule has 1 unspecified atom stereocenters. The summed E-state index contributed by atoms with van der Waals surface area (Å²) in [5, 5.41) is 0. The van der Waals surface area contributed by atoms with E-state index in [4.69, 9.17) is 5.73 Å². The van der Waals surface area contributed by atoms with Crippen LogP contribution in [0.25, 0.3) is 0 Å². The molecule has 1 atom stereocenters. The van der Waals surface area contributed by atoms with Crippen LogP contribution in [-0.4, -0.2) is 0 Å². The highest BCUT2D eigenvalue weighted by Crippen LogP contribution is 2.33. The number of hydrogen-bond donors (Lipinski definition) is 1. The molecule has 2 N–H and O–H groups in total. The fourth-order valence-corrected chi connectivity index (χ4v) is 3.50. The number of thiophene rings is 1. The minimum Gasteiger partial charge on any atom is -0.323 e. The van der Waals surface area contributed by atoms with Gasteiger partial charge in [-0.25, -0.2) is 0 Å². The van der Waals surface area contributed by atoms with Crippen molar-refractivity contribution in [3.63, 3.8) is 0 Å². The van der Waals surface area contributed by atoms with Crippen molar-refractivity contribution in [1.29, 1.82) is 0 Å². The summed E-state index contributed by atoms with van der Waals surface area (Å²) in [6.45, 7) is 4.47. The van der Waals surface area contributed by atoms with E-state index < -0.39 is 0 Å². The van der Waals surface area contributed by atoms with Gasteiger partial charge in [0.2, 0.25) is 0 Å². The van der Waals surface area contributed by atoms with Gasteiger partial charge >= 0.3 is 0 Å². The zero-order chi connectivity index (χ0) is 11.3. The van der Waals surface area contributed by atoms with Crippen molar-refractivity contribution in [3.8, 4) is 0 Å². The third kappa shape index (κ3) is 3.89. The van der Waals surface area contributed by atoms with Crippen LogP contribution in [0.2, 0.25) is 0 Å². The second-order valence-corrected chi connectivity index (χ2v) is 6.50. The summed E-state index contributed by atoms with van der Waals surface area (Å²) < 4.78 is 1.18. The molecule has 0 saturated heterocycles. The number of halogens is 1. The maximum atomic E-state index is 6.31. The standard InChI is InChI=1S/C12H20BrNS/c1-3-5-9(6-4-2)12(14)10-7-8-11(13)15-10/h7-9,12H,3-6,14H2,1-2H3. The molecule has 0 fully saturated rings. The second-order valence-electron chi connectivity index (χ2n) is 4.01. The number of rotatable bonds is 6. The number of hydrogen-bond acceptors (Lipinski definition) is 2. The number of nitrogens with two attached hydrogens (primary N) is 1. The van der Waals surface area contributed by atoms with E-state index in [0.29, 0.717) is 5.92 Å². The molecule has 1 rings (SSSR count). The molecular formula is C12H20BrNS. The van der Waals surface area contributed by atoms with Crippen molar-refractivity contribution in [1.82, 2.24) is 0 Å². The predicted octanol–water partition coefficient (Wildman–Crippen LogP) is 4.73.